The maximum Gasteiger partial charge on any atom is 0.310 e. The Labute approximate surface area is 120 Å². The Hall–Kier alpha value is -1.40. The number of carbonyl (C=O) groups is 2. The van der Waals surface area contributed by atoms with Crippen molar-refractivity contribution in [3.63, 3.8) is 0 Å². The van der Waals surface area contributed by atoms with E-state index in [1.807, 2.05) is 13.8 Å². The van der Waals surface area contributed by atoms with Gasteiger partial charge >= 0.3 is 5.97 Å². The minimum absolute atomic E-state index is 0.0194. The first-order chi connectivity index (χ1) is 9.36. The van der Waals surface area contributed by atoms with Gasteiger partial charge in [-0.25, -0.2) is 0 Å². The van der Waals surface area contributed by atoms with Gasteiger partial charge < -0.3 is 14.7 Å². The van der Waals surface area contributed by atoms with Crippen molar-refractivity contribution in [1.29, 1.82) is 0 Å². The fourth-order valence-electron chi connectivity index (χ4n) is 2.35. The topological polar surface area (TPSA) is 70.1 Å². The Bertz CT molecular complexity index is 383. The van der Waals surface area contributed by atoms with Crippen LogP contribution in [-0.4, -0.2) is 72.7 Å². The highest BCUT2D eigenvalue weighted by atomic mass is 16.5. The SMILES string of the molecule is C=C(C)CN(CC)C(=O)CN(C)C1COCC1C(=O)O. The summed E-state index contributed by atoms with van der Waals surface area (Å²) < 4.78 is 5.22. The highest BCUT2D eigenvalue weighted by Gasteiger charge is 2.37. The molecule has 0 aromatic carbocycles. The average Bonchev–Trinajstić information content (AvgIpc) is 2.84. The summed E-state index contributed by atoms with van der Waals surface area (Å²) in [5, 5.41) is 9.13. The maximum absolute atomic E-state index is 12.2. The molecule has 0 aliphatic carbocycles. The first kappa shape index (κ1) is 16.7. The zero-order valence-corrected chi connectivity index (χ0v) is 12.5. The van der Waals surface area contributed by atoms with E-state index in [0.717, 1.165) is 5.57 Å². The van der Waals surface area contributed by atoms with Crippen molar-refractivity contribution in [2.45, 2.75) is 19.9 Å². The van der Waals surface area contributed by atoms with Gasteiger partial charge in [0, 0.05) is 19.1 Å². The lowest BCUT2D eigenvalue weighted by Crippen LogP contribution is -2.47. The predicted octanol–water partition coefficient (Wildman–Crippen LogP) is 0.442. The van der Waals surface area contributed by atoms with Crippen molar-refractivity contribution in [2.75, 3.05) is 39.9 Å². The third-order valence-corrected chi connectivity index (χ3v) is 3.51. The van der Waals surface area contributed by atoms with Gasteiger partial charge in [-0.2, -0.15) is 0 Å². The number of rotatable bonds is 7. The molecule has 0 aromatic rings. The number of hydrogen-bond acceptors (Lipinski definition) is 4. The van der Waals surface area contributed by atoms with E-state index in [9.17, 15) is 9.59 Å². The first-order valence-electron chi connectivity index (χ1n) is 6.79. The summed E-state index contributed by atoms with van der Waals surface area (Å²) in [5.74, 6) is -1.46. The van der Waals surface area contributed by atoms with Gasteiger partial charge in [-0.1, -0.05) is 12.2 Å². The van der Waals surface area contributed by atoms with Gasteiger partial charge in [-0.15, -0.1) is 0 Å². The van der Waals surface area contributed by atoms with Crippen LogP contribution in [-0.2, 0) is 14.3 Å². The fourth-order valence-corrected chi connectivity index (χ4v) is 2.35. The van der Waals surface area contributed by atoms with Crippen molar-refractivity contribution < 1.29 is 19.4 Å². The number of carbonyl (C=O) groups excluding carboxylic acids is 1. The number of amides is 1. The molecule has 1 rings (SSSR count). The fraction of sp³-hybridized carbons (Fsp3) is 0.714. The molecule has 1 aliphatic rings. The summed E-state index contributed by atoms with van der Waals surface area (Å²) in [6.07, 6.45) is 0. The monoisotopic (exact) mass is 284 g/mol. The molecule has 1 saturated heterocycles. The zero-order chi connectivity index (χ0) is 15.3. The van der Waals surface area contributed by atoms with Crippen LogP contribution < -0.4 is 0 Å². The molecule has 0 radical (unpaired) electrons. The molecular formula is C14H24N2O4. The second-order valence-electron chi connectivity index (χ2n) is 5.33. The minimum atomic E-state index is -0.874. The van der Waals surface area contributed by atoms with E-state index < -0.39 is 11.9 Å². The molecule has 114 valence electrons. The molecule has 20 heavy (non-hydrogen) atoms. The molecule has 2 unspecified atom stereocenters. The summed E-state index contributed by atoms with van der Waals surface area (Å²) >= 11 is 0. The highest BCUT2D eigenvalue weighted by molar-refractivity contribution is 5.78. The number of carboxylic acids is 1. The van der Waals surface area contributed by atoms with E-state index in [-0.39, 0.29) is 25.1 Å². The molecule has 0 spiro atoms. The van der Waals surface area contributed by atoms with Crippen LogP contribution in [0.15, 0.2) is 12.2 Å². The van der Waals surface area contributed by atoms with E-state index in [0.29, 0.717) is 19.7 Å². The molecule has 1 N–H and O–H groups in total. The molecule has 6 nitrogen and oxygen atoms in total. The summed E-state index contributed by atoms with van der Waals surface area (Å²) in [6, 6.07) is -0.250. The van der Waals surface area contributed by atoms with Crippen LogP contribution in [0.2, 0.25) is 0 Å². The van der Waals surface area contributed by atoms with Crippen LogP contribution in [0.4, 0.5) is 0 Å². The van der Waals surface area contributed by atoms with Gasteiger partial charge in [0.25, 0.3) is 0 Å². The van der Waals surface area contributed by atoms with Gasteiger partial charge in [0.15, 0.2) is 0 Å². The van der Waals surface area contributed by atoms with Crippen LogP contribution in [0.1, 0.15) is 13.8 Å². The Morgan fingerprint density at radius 3 is 2.50 bits per heavy atom. The number of aliphatic carboxylic acids is 1. The molecule has 0 aromatic heterocycles. The Morgan fingerprint density at radius 1 is 1.35 bits per heavy atom. The molecular weight excluding hydrogens is 260 g/mol. The second-order valence-corrected chi connectivity index (χ2v) is 5.33. The van der Waals surface area contributed by atoms with Gasteiger partial charge in [-0.05, 0) is 20.9 Å². The van der Waals surface area contributed by atoms with Crippen molar-refractivity contribution in [2.24, 2.45) is 5.92 Å². The standard InChI is InChI=1S/C14H24N2O4/c1-5-16(6-10(2)3)13(17)7-15(4)12-9-20-8-11(12)14(18)19/h11-12H,2,5-9H2,1,3-4H3,(H,18,19). The molecule has 6 heteroatoms. The Morgan fingerprint density at radius 2 is 2.00 bits per heavy atom. The summed E-state index contributed by atoms with van der Waals surface area (Å²) in [6.45, 7) is 9.51. The van der Waals surface area contributed by atoms with E-state index in [4.69, 9.17) is 9.84 Å². The molecule has 1 aliphatic heterocycles. The quantitative estimate of drug-likeness (QED) is 0.687. The lowest BCUT2D eigenvalue weighted by Gasteiger charge is -2.29. The van der Waals surface area contributed by atoms with Crippen LogP contribution in [0, 0.1) is 5.92 Å². The van der Waals surface area contributed by atoms with Crippen molar-refractivity contribution >= 4 is 11.9 Å². The average molecular weight is 284 g/mol. The van der Waals surface area contributed by atoms with Crippen LogP contribution >= 0.6 is 0 Å². The van der Waals surface area contributed by atoms with Crippen molar-refractivity contribution in [3.8, 4) is 0 Å². The zero-order valence-electron chi connectivity index (χ0n) is 12.5. The van der Waals surface area contributed by atoms with Crippen molar-refractivity contribution in [3.05, 3.63) is 12.2 Å². The molecule has 1 fully saturated rings. The number of likely N-dealkylation sites (N-methyl/N-ethyl adjacent to an activating group) is 2. The van der Waals surface area contributed by atoms with Gasteiger partial charge in [0.2, 0.25) is 5.91 Å². The summed E-state index contributed by atoms with van der Waals surface area (Å²) in [5.41, 5.74) is 0.926. The van der Waals surface area contributed by atoms with E-state index in [2.05, 4.69) is 6.58 Å². The number of nitrogens with zero attached hydrogens (tertiary/aromatic N) is 2. The van der Waals surface area contributed by atoms with Crippen LogP contribution in [0.5, 0.6) is 0 Å². The maximum atomic E-state index is 12.2. The molecule has 0 bridgehead atoms. The molecule has 0 saturated carbocycles. The number of hydrogen-bond donors (Lipinski definition) is 1. The molecule has 1 heterocycles. The van der Waals surface area contributed by atoms with Crippen LogP contribution in [0.25, 0.3) is 0 Å². The Kier molecular flexibility index (Phi) is 6.16. The summed E-state index contributed by atoms with van der Waals surface area (Å²) in [7, 11) is 1.77. The predicted molar refractivity (Wildman–Crippen MR) is 75.4 cm³/mol. The van der Waals surface area contributed by atoms with Gasteiger partial charge in [-0.3, -0.25) is 14.5 Å². The largest absolute Gasteiger partial charge is 0.481 e. The smallest absolute Gasteiger partial charge is 0.310 e. The van der Waals surface area contributed by atoms with Gasteiger partial charge in [0.1, 0.15) is 0 Å². The number of ether oxygens (including phenoxy) is 1. The van der Waals surface area contributed by atoms with E-state index >= 15 is 0 Å². The third-order valence-electron chi connectivity index (χ3n) is 3.51. The summed E-state index contributed by atoms with van der Waals surface area (Å²) in [4.78, 5) is 26.8. The normalized spacial score (nSPS) is 22.0. The number of carboxylic acid groups (broad SMARTS) is 1. The van der Waals surface area contributed by atoms with Crippen molar-refractivity contribution in [1.82, 2.24) is 9.80 Å². The van der Waals surface area contributed by atoms with E-state index in [1.165, 1.54) is 0 Å². The first-order valence-corrected chi connectivity index (χ1v) is 6.79. The molecule has 1 amide bonds. The van der Waals surface area contributed by atoms with Crippen LogP contribution in [0.3, 0.4) is 0 Å². The second kappa shape index (κ2) is 7.40. The minimum Gasteiger partial charge on any atom is -0.481 e. The highest BCUT2D eigenvalue weighted by Crippen LogP contribution is 2.19. The molecule has 2 atom stereocenters. The third kappa shape index (κ3) is 4.31. The Balaban J connectivity index is 2.60. The lowest BCUT2D eigenvalue weighted by atomic mass is 10.0. The van der Waals surface area contributed by atoms with Gasteiger partial charge in [0.05, 0.1) is 25.7 Å². The lowest BCUT2D eigenvalue weighted by molar-refractivity contribution is -0.144. The van der Waals surface area contributed by atoms with E-state index in [1.54, 1.807) is 16.8 Å².